The van der Waals surface area contributed by atoms with E-state index in [1.807, 2.05) is 12.1 Å². The van der Waals surface area contributed by atoms with E-state index in [-0.39, 0.29) is 17.3 Å². The van der Waals surface area contributed by atoms with Gasteiger partial charge in [0, 0.05) is 43.0 Å². The molecule has 4 rings (SSSR count). The third kappa shape index (κ3) is 4.09. The summed E-state index contributed by atoms with van der Waals surface area (Å²) in [7, 11) is 0. The molecule has 1 atom stereocenters. The first-order chi connectivity index (χ1) is 13.2. The van der Waals surface area contributed by atoms with Crippen LogP contribution in [0.4, 0.5) is 4.39 Å². The zero-order valence-electron chi connectivity index (χ0n) is 14.8. The highest BCUT2D eigenvalue weighted by Gasteiger charge is 2.24. The summed E-state index contributed by atoms with van der Waals surface area (Å²) in [6.07, 6.45) is 6.65. The fourth-order valence-corrected chi connectivity index (χ4v) is 3.54. The minimum absolute atomic E-state index is 0.128. The Bertz CT molecular complexity index is 975. The zero-order chi connectivity index (χ0) is 18.6. The van der Waals surface area contributed by atoms with Gasteiger partial charge in [-0.2, -0.15) is 0 Å². The van der Waals surface area contributed by atoms with Crippen LogP contribution in [0.15, 0.2) is 53.7 Å². The van der Waals surface area contributed by atoms with Gasteiger partial charge in [-0.15, -0.1) is 0 Å². The molecule has 0 unspecified atom stereocenters. The van der Waals surface area contributed by atoms with Gasteiger partial charge in [0.15, 0.2) is 5.82 Å². The van der Waals surface area contributed by atoms with Crippen LogP contribution in [-0.4, -0.2) is 37.9 Å². The van der Waals surface area contributed by atoms with E-state index in [0.29, 0.717) is 23.6 Å². The second kappa shape index (κ2) is 7.75. The maximum Gasteiger partial charge on any atom is 0.251 e. The van der Waals surface area contributed by atoms with Crippen molar-refractivity contribution in [3.05, 3.63) is 76.4 Å². The van der Waals surface area contributed by atoms with Gasteiger partial charge in [0.1, 0.15) is 11.5 Å². The van der Waals surface area contributed by atoms with Crippen LogP contribution in [0.5, 0.6) is 0 Å². The SMILES string of the molecule is O=c1cc([C@H]2CCCN(Cc3ccccc3F)C2)nc(-c2cnccn2)[nH]1. The van der Waals surface area contributed by atoms with Gasteiger partial charge >= 0.3 is 0 Å². The summed E-state index contributed by atoms with van der Waals surface area (Å²) in [5.74, 6) is 0.374. The van der Waals surface area contributed by atoms with E-state index in [9.17, 15) is 9.18 Å². The van der Waals surface area contributed by atoms with Crippen LogP contribution in [0.2, 0.25) is 0 Å². The van der Waals surface area contributed by atoms with Gasteiger partial charge in [-0.3, -0.25) is 14.7 Å². The van der Waals surface area contributed by atoms with Crippen LogP contribution in [0.1, 0.15) is 30.0 Å². The summed E-state index contributed by atoms with van der Waals surface area (Å²) in [6.45, 7) is 2.21. The summed E-state index contributed by atoms with van der Waals surface area (Å²) in [5, 5.41) is 0. The maximum absolute atomic E-state index is 14.0. The lowest BCUT2D eigenvalue weighted by atomic mass is 9.94. The number of benzene rings is 1. The molecule has 0 bridgehead atoms. The van der Waals surface area contributed by atoms with Gasteiger partial charge in [0.05, 0.1) is 11.9 Å². The Kier molecular flexibility index (Phi) is 5.02. The number of nitrogens with one attached hydrogen (secondary N) is 1. The summed E-state index contributed by atoms with van der Waals surface area (Å²) in [5.41, 5.74) is 1.78. The van der Waals surface area contributed by atoms with Crippen molar-refractivity contribution in [2.24, 2.45) is 0 Å². The van der Waals surface area contributed by atoms with E-state index in [1.165, 1.54) is 6.07 Å². The number of halogens is 1. The standard InChI is InChI=1S/C20H20FN5O/c21-16-6-2-1-4-14(16)12-26-9-3-5-15(13-26)17-10-19(27)25-20(24-17)18-11-22-7-8-23-18/h1-2,4,6-8,10-11,15H,3,5,9,12-13H2,(H,24,25,27)/t15-/m0/s1. The van der Waals surface area contributed by atoms with Crippen molar-refractivity contribution in [2.45, 2.75) is 25.3 Å². The molecule has 1 N–H and O–H groups in total. The minimum atomic E-state index is -0.202. The van der Waals surface area contributed by atoms with Crippen molar-refractivity contribution in [1.29, 1.82) is 0 Å². The highest BCUT2D eigenvalue weighted by molar-refractivity contribution is 5.46. The Morgan fingerprint density at radius 2 is 2.15 bits per heavy atom. The number of hydrogen-bond acceptors (Lipinski definition) is 5. The van der Waals surface area contributed by atoms with Gasteiger partial charge in [-0.05, 0) is 25.5 Å². The number of likely N-dealkylation sites (tertiary alicyclic amines) is 1. The quantitative estimate of drug-likeness (QED) is 0.769. The number of piperidine rings is 1. The van der Waals surface area contributed by atoms with Crippen molar-refractivity contribution < 1.29 is 4.39 Å². The molecule has 3 heterocycles. The zero-order valence-corrected chi connectivity index (χ0v) is 14.8. The molecule has 0 amide bonds. The molecule has 3 aromatic rings. The third-order valence-corrected chi connectivity index (χ3v) is 4.84. The lowest BCUT2D eigenvalue weighted by Crippen LogP contribution is -2.35. The van der Waals surface area contributed by atoms with Crippen molar-refractivity contribution in [3.8, 4) is 11.5 Å². The van der Waals surface area contributed by atoms with Crippen LogP contribution in [0.25, 0.3) is 11.5 Å². The summed E-state index contributed by atoms with van der Waals surface area (Å²) >= 11 is 0. The average Bonchev–Trinajstić information content (AvgIpc) is 2.70. The summed E-state index contributed by atoms with van der Waals surface area (Å²) in [4.78, 5) is 30.0. The molecular formula is C20H20FN5O. The normalized spacial score (nSPS) is 17.7. The maximum atomic E-state index is 14.0. The lowest BCUT2D eigenvalue weighted by Gasteiger charge is -2.32. The van der Waals surface area contributed by atoms with Gasteiger partial charge in [0.25, 0.3) is 5.56 Å². The molecule has 7 heteroatoms. The fourth-order valence-electron chi connectivity index (χ4n) is 3.54. The fraction of sp³-hybridized carbons (Fsp3) is 0.300. The molecule has 27 heavy (non-hydrogen) atoms. The number of nitrogens with zero attached hydrogens (tertiary/aromatic N) is 4. The van der Waals surface area contributed by atoms with Crippen molar-refractivity contribution in [1.82, 2.24) is 24.8 Å². The molecule has 0 aliphatic carbocycles. The Balaban J connectivity index is 1.55. The van der Waals surface area contributed by atoms with Crippen LogP contribution >= 0.6 is 0 Å². The topological polar surface area (TPSA) is 74.8 Å². The molecule has 138 valence electrons. The van der Waals surface area contributed by atoms with Gasteiger partial charge in [-0.1, -0.05) is 18.2 Å². The molecule has 1 aliphatic heterocycles. The van der Waals surface area contributed by atoms with E-state index < -0.39 is 0 Å². The van der Waals surface area contributed by atoms with Gasteiger partial charge in [0.2, 0.25) is 0 Å². The molecule has 0 saturated carbocycles. The number of hydrogen-bond donors (Lipinski definition) is 1. The number of aromatic nitrogens is 4. The van der Waals surface area contributed by atoms with Crippen molar-refractivity contribution in [3.63, 3.8) is 0 Å². The Morgan fingerprint density at radius 1 is 1.26 bits per heavy atom. The van der Waals surface area contributed by atoms with Gasteiger partial charge < -0.3 is 4.98 Å². The van der Waals surface area contributed by atoms with Crippen LogP contribution < -0.4 is 5.56 Å². The third-order valence-electron chi connectivity index (χ3n) is 4.84. The van der Waals surface area contributed by atoms with Crippen molar-refractivity contribution >= 4 is 0 Å². The van der Waals surface area contributed by atoms with Crippen LogP contribution in [0.3, 0.4) is 0 Å². The molecule has 1 saturated heterocycles. The Morgan fingerprint density at radius 3 is 2.96 bits per heavy atom. The first-order valence-corrected chi connectivity index (χ1v) is 9.02. The first kappa shape index (κ1) is 17.5. The minimum Gasteiger partial charge on any atom is -0.305 e. The lowest BCUT2D eigenvalue weighted by molar-refractivity contribution is 0.196. The number of aromatic amines is 1. The number of rotatable bonds is 4. The molecule has 1 aliphatic rings. The van der Waals surface area contributed by atoms with E-state index in [1.54, 1.807) is 30.7 Å². The molecule has 1 fully saturated rings. The molecule has 2 aromatic heterocycles. The highest BCUT2D eigenvalue weighted by Crippen LogP contribution is 2.27. The summed E-state index contributed by atoms with van der Waals surface area (Å²) < 4.78 is 14.0. The van der Waals surface area contributed by atoms with E-state index in [0.717, 1.165) is 31.6 Å². The molecule has 1 aromatic carbocycles. The summed E-state index contributed by atoms with van der Waals surface area (Å²) in [6, 6.07) is 8.41. The van der Waals surface area contributed by atoms with Crippen LogP contribution in [-0.2, 0) is 6.54 Å². The van der Waals surface area contributed by atoms with E-state index in [4.69, 9.17) is 0 Å². The highest BCUT2D eigenvalue weighted by atomic mass is 19.1. The second-order valence-electron chi connectivity index (χ2n) is 6.78. The van der Waals surface area contributed by atoms with E-state index >= 15 is 0 Å². The Labute approximate surface area is 156 Å². The average molecular weight is 365 g/mol. The van der Waals surface area contributed by atoms with E-state index in [2.05, 4.69) is 24.8 Å². The molecule has 0 spiro atoms. The smallest absolute Gasteiger partial charge is 0.251 e. The molecular weight excluding hydrogens is 345 g/mol. The molecule has 6 nitrogen and oxygen atoms in total. The Hall–Kier alpha value is -2.93. The largest absolute Gasteiger partial charge is 0.305 e. The first-order valence-electron chi connectivity index (χ1n) is 9.02. The van der Waals surface area contributed by atoms with Gasteiger partial charge in [-0.25, -0.2) is 14.4 Å². The van der Waals surface area contributed by atoms with Crippen molar-refractivity contribution in [2.75, 3.05) is 13.1 Å². The van der Waals surface area contributed by atoms with Crippen LogP contribution in [0, 0.1) is 5.82 Å². The predicted molar refractivity (Wildman–Crippen MR) is 99.5 cm³/mol. The monoisotopic (exact) mass is 365 g/mol. The molecule has 0 radical (unpaired) electrons. The predicted octanol–water partition coefficient (Wildman–Crippen LogP) is 2.75. The number of H-pyrrole nitrogens is 1. The second-order valence-corrected chi connectivity index (χ2v) is 6.78.